The van der Waals surface area contributed by atoms with Gasteiger partial charge in [-0.15, -0.1) is 0 Å². The molecule has 0 aliphatic carbocycles. The largest absolute Gasteiger partial charge is 0.497 e. The molecule has 0 saturated carbocycles. The molecular formula is C17H21N2O2+. The van der Waals surface area contributed by atoms with Crippen LogP contribution in [-0.2, 0) is 4.79 Å². The Morgan fingerprint density at radius 3 is 2.43 bits per heavy atom. The molecule has 0 heterocycles. The third kappa shape index (κ3) is 3.83. The van der Waals surface area contributed by atoms with Crippen LogP contribution in [0.2, 0.25) is 0 Å². The van der Waals surface area contributed by atoms with Gasteiger partial charge in [0.2, 0.25) is 0 Å². The second-order valence-corrected chi connectivity index (χ2v) is 5.14. The van der Waals surface area contributed by atoms with Gasteiger partial charge < -0.3 is 15.0 Å². The van der Waals surface area contributed by atoms with Crippen LogP contribution >= 0.6 is 0 Å². The molecule has 21 heavy (non-hydrogen) atoms. The van der Waals surface area contributed by atoms with E-state index in [1.807, 2.05) is 68.7 Å². The van der Waals surface area contributed by atoms with Crippen LogP contribution in [0.5, 0.6) is 5.75 Å². The lowest BCUT2D eigenvalue weighted by atomic mass is 10.1. The SMILES string of the molecule is COc1cccc(NC(=O)[C@H](c2ccccc2)[NH+](C)C)c1. The number of carbonyl (C=O) groups is 1. The summed E-state index contributed by atoms with van der Waals surface area (Å²) in [6.07, 6.45) is 0. The molecule has 1 atom stereocenters. The van der Waals surface area contributed by atoms with E-state index in [0.29, 0.717) is 0 Å². The molecule has 2 rings (SSSR count). The summed E-state index contributed by atoms with van der Waals surface area (Å²) in [5.74, 6) is 0.690. The van der Waals surface area contributed by atoms with Crippen molar-refractivity contribution in [1.82, 2.24) is 0 Å². The van der Waals surface area contributed by atoms with Crippen molar-refractivity contribution >= 4 is 11.6 Å². The Morgan fingerprint density at radius 2 is 1.81 bits per heavy atom. The van der Waals surface area contributed by atoms with Crippen molar-refractivity contribution in [2.75, 3.05) is 26.5 Å². The lowest BCUT2D eigenvalue weighted by Crippen LogP contribution is -3.07. The van der Waals surface area contributed by atoms with Gasteiger partial charge in [-0.2, -0.15) is 0 Å². The lowest BCUT2D eigenvalue weighted by Gasteiger charge is -2.21. The Morgan fingerprint density at radius 1 is 1.10 bits per heavy atom. The Hall–Kier alpha value is -2.33. The monoisotopic (exact) mass is 285 g/mol. The number of anilines is 1. The van der Waals surface area contributed by atoms with E-state index in [-0.39, 0.29) is 11.9 Å². The number of likely N-dealkylation sites (N-methyl/N-ethyl adjacent to an activating group) is 1. The average Bonchev–Trinajstić information content (AvgIpc) is 2.48. The summed E-state index contributed by atoms with van der Waals surface area (Å²) in [4.78, 5) is 13.6. The number of hydrogen-bond donors (Lipinski definition) is 2. The van der Waals surface area contributed by atoms with E-state index in [1.165, 1.54) is 0 Å². The zero-order valence-corrected chi connectivity index (χ0v) is 12.6. The van der Waals surface area contributed by atoms with Crippen molar-refractivity contribution in [1.29, 1.82) is 0 Å². The Labute approximate surface area is 125 Å². The molecule has 0 unspecified atom stereocenters. The van der Waals surface area contributed by atoms with Gasteiger partial charge in [0.1, 0.15) is 5.75 Å². The molecule has 0 aliphatic heterocycles. The molecule has 0 bridgehead atoms. The summed E-state index contributed by atoms with van der Waals surface area (Å²) in [6.45, 7) is 0. The minimum absolute atomic E-state index is 0.0329. The number of rotatable bonds is 5. The van der Waals surface area contributed by atoms with Gasteiger partial charge in [-0.1, -0.05) is 36.4 Å². The number of nitrogens with one attached hydrogen (secondary N) is 2. The van der Waals surface area contributed by atoms with E-state index in [1.54, 1.807) is 7.11 Å². The van der Waals surface area contributed by atoms with Gasteiger partial charge in [0.15, 0.2) is 6.04 Å². The first kappa shape index (κ1) is 15.1. The number of quaternary nitrogens is 1. The van der Waals surface area contributed by atoms with Crippen LogP contribution < -0.4 is 15.0 Å². The van der Waals surface area contributed by atoms with Gasteiger partial charge in [0.25, 0.3) is 5.91 Å². The first-order valence-electron chi connectivity index (χ1n) is 6.91. The predicted molar refractivity (Wildman–Crippen MR) is 83.6 cm³/mol. The number of benzene rings is 2. The number of carbonyl (C=O) groups excluding carboxylic acids is 1. The van der Waals surface area contributed by atoms with Crippen molar-refractivity contribution < 1.29 is 14.4 Å². The van der Waals surface area contributed by atoms with Gasteiger partial charge in [0.05, 0.1) is 21.2 Å². The molecular weight excluding hydrogens is 264 g/mol. The minimum Gasteiger partial charge on any atom is -0.497 e. The third-order valence-corrected chi connectivity index (χ3v) is 3.31. The fraction of sp³-hybridized carbons (Fsp3) is 0.235. The fourth-order valence-corrected chi connectivity index (χ4v) is 2.31. The molecule has 2 N–H and O–H groups in total. The van der Waals surface area contributed by atoms with Crippen molar-refractivity contribution in [2.45, 2.75) is 6.04 Å². The van der Waals surface area contributed by atoms with Gasteiger partial charge in [0, 0.05) is 17.3 Å². The van der Waals surface area contributed by atoms with Gasteiger partial charge in [-0.3, -0.25) is 4.79 Å². The molecule has 0 aromatic heterocycles. The Kier molecular flexibility index (Phi) is 4.95. The normalized spacial score (nSPS) is 12.0. The first-order chi connectivity index (χ1) is 10.1. The predicted octanol–water partition coefficient (Wildman–Crippen LogP) is 1.52. The summed E-state index contributed by atoms with van der Waals surface area (Å²) in [6, 6.07) is 16.9. The van der Waals surface area contributed by atoms with E-state index in [9.17, 15) is 4.79 Å². The van der Waals surface area contributed by atoms with E-state index in [4.69, 9.17) is 4.74 Å². The highest BCUT2D eigenvalue weighted by molar-refractivity contribution is 5.94. The second-order valence-electron chi connectivity index (χ2n) is 5.14. The smallest absolute Gasteiger partial charge is 0.287 e. The summed E-state index contributed by atoms with van der Waals surface area (Å²) >= 11 is 0. The van der Waals surface area contributed by atoms with Crippen molar-refractivity contribution in [3.8, 4) is 5.75 Å². The molecule has 110 valence electrons. The van der Waals surface area contributed by atoms with Crippen molar-refractivity contribution in [2.24, 2.45) is 0 Å². The standard InChI is InChI=1S/C17H20N2O2/c1-19(2)16(13-8-5-4-6-9-13)17(20)18-14-10-7-11-15(12-14)21-3/h4-12,16H,1-3H3,(H,18,20)/p+1/t16-/m0/s1. The van der Waals surface area contributed by atoms with Crippen molar-refractivity contribution in [3.05, 3.63) is 60.2 Å². The second kappa shape index (κ2) is 6.90. The maximum atomic E-state index is 12.6. The molecule has 0 saturated heterocycles. The molecule has 2 aromatic carbocycles. The molecule has 2 aromatic rings. The average molecular weight is 285 g/mol. The molecule has 0 aliphatic rings. The van der Waals surface area contributed by atoms with Crippen molar-refractivity contribution in [3.63, 3.8) is 0 Å². The Balaban J connectivity index is 2.19. The molecule has 0 radical (unpaired) electrons. The van der Waals surface area contributed by atoms with Crippen LogP contribution in [0.3, 0.4) is 0 Å². The molecule has 4 nitrogen and oxygen atoms in total. The minimum atomic E-state index is -0.252. The van der Waals surface area contributed by atoms with E-state index in [0.717, 1.165) is 21.9 Å². The third-order valence-electron chi connectivity index (χ3n) is 3.31. The highest BCUT2D eigenvalue weighted by Crippen LogP contribution is 2.18. The lowest BCUT2D eigenvalue weighted by molar-refractivity contribution is -0.881. The van der Waals surface area contributed by atoms with E-state index in [2.05, 4.69) is 5.32 Å². The molecule has 4 heteroatoms. The van der Waals surface area contributed by atoms with E-state index >= 15 is 0 Å². The summed E-state index contributed by atoms with van der Waals surface area (Å²) in [5, 5.41) is 2.96. The number of methoxy groups -OCH3 is 1. The quantitative estimate of drug-likeness (QED) is 0.874. The van der Waals surface area contributed by atoms with Gasteiger partial charge >= 0.3 is 0 Å². The van der Waals surface area contributed by atoms with Crippen LogP contribution in [0.15, 0.2) is 54.6 Å². The summed E-state index contributed by atoms with van der Waals surface area (Å²) in [7, 11) is 5.56. The van der Waals surface area contributed by atoms with Gasteiger partial charge in [-0.05, 0) is 12.1 Å². The van der Waals surface area contributed by atoms with Crippen LogP contribution in [0.4, 0.5) is 5.69 Å². The van der Waals surface area contributed by atoms with Gasteiger partial charge in [-0.25, -0.2) is 0 Å². The summed E-state index contributed by atoms with van der Waals surface area (Å²) < 4.78 is 5.17. The molecule has 0 fully saturated rings. The van der Waals surface area contributed by atoms with E-state index < -0.39 is 0 Å². The zero-order valence-electron chi connectivity index (χ0n) is 12.6. The highest BCUT2D eigenvalue weighted by Gasteiger charge is 2.26. The molecule has 0 spiro atoms. The first-order valence-corrected chi connectivity index (χ1v) is 6.91. The van der Waals surface area contributed by atoms with Crippen LogP contribution in [-0.4, -0.2) is 27.1 Å². The number of hydrogen-bond acceptors (Lipinski definition) is 2. The number of ether oxygens (including phenoxy) is 1. The zero-order chi connectivity index (χ0) is 15.2. The number of amides is 1. The maximum absolute atomic E-state index is 12.6. The molecule has 1 amide bonds. The fourth-order valence-electron chi connectivity index (χ4n) is 2.31. The van der Waals surface area contributed by atoms with Crippen LogP contribution in [0.1, 0.15) is 11.6 Å². The maximum Gasteiger partial charge on any atom is 0.287 e. The van der Waals surface area contributed by atoms with Crippen LogP contribution in [0.25, 0.3) is 0 Å². The highest BCUT2D eigenvalue weighted by atomic mass is 16.5. The Bertz CT molecular complexity index is 597. The topological polar surface area (TPSA) is 42.8 Å². The summed E-state index contributed by atoms with van der Waals surface area (Å²) in [5.41, 5.74) is 1.74. The van der Waals surface area contributed by atoms with Crippen LogP contribution in [0, 0.1) is 0 Å².